The van der Waals surface area contributed by atoms with Crippen molar-refractivity contribution in [3.8, 4) is 0 Å². The van der Waals surface area contributed by atoms with Gasteiger partial charge in [-0.15, -0.1) is 0 Å². The van der Waals surface area contributed by atoms with E-state index in [9.17, 15) is 14.4 Å². The van der Waals surface area contributed by atoms with Crippen LogP contribution in [0.3, 0.4) is 0 Å². The van der Waals surface area contributed by atoms with E-state index in [-0.39, 0.29) is 31.1 Å². The van der Waals surface area contributed by atoms with Crippen molar-refractivity contribution in [2.75, 3.05) is 13.2 Å². The van der Waals surface area contributed by atoms with Crippen LogP contribution in [-0.2, 0) is 28.6 Å². The van der Waals surface area contributed by atoms with Crippen LogP contribution in [0.5, 0.6) is 0 Å². The molecule has 0 saturated heterocycles. The molecule has 0 spiro atoms. The summed E-state index contributed by atoms with van der Waals surface area (Å²) in [7, 11) is 0. The predicted molar refractivity (Wildman–Crippen MR) is 201 cm³/mol. The largest absolute Gasteiger partial charge is 0.462 e. The van der Waals surface area contributed by atoms with Crippen LogP contribution in [0.2, 0.25) is 0 Å². The van der Waals surface area contributed by atoms with Gasteiger partial charge in [0.25, 0.3) is 0 Å². The van der Waals surface area contributed by atoms with E-state index >= 15 is 0 Å². The Bertz CT molecular complexity index is 723. The second-order valence-electron chi connectivity index (χ2n) is 14.5. The Labute approximate surface area is 298 Å². The third-order valence-electron chi connectivity index (χ3n) is 9.65. The van der Waals surface area contributed by atoms with Crippen LogP contribution in [-0.4, -0.2) is 37.2 Å². The molecule has 2 atom stereocenters. The molecule has 0 saturated carbocycles. The van der Waals surface area contributed by atoms with E-state index in [0.29, 0.717) is 19.3 Å². The van der Waals surface area contributed by atoms with E-state index in [1.807, 2.05) is 0 Å². The minimum Gasteiger partial charge on any atom is -0.462 e. The van der Waals surface area contributed by atoms with Crippen molar-refractivity contribution in [1.29, 1.82) is 0 Å². The first kappa shape index (κ1) is 46.4. The Morgan fingerprint density at radius 3 is 1.08 bits per heavy atom. The van der Waals surface area contributed by atoms with Gasteiger partial charge in [-0.05, 0) is 25.2 Å². The van der Waals surface area contributed by atoms with Gasteiger partial charge in [-0.2, -0.15) is 0 Å². The van der Waals surface area contributed by atoms with Crippen molar-refractivity contribution in [3.05, 3.63) is 0 Å². The molecule has 6 nitrogen and oxygen atoms in total. The molecule has 0 bridgehead atoms. The van der Waals surface area contributed by atoms with Crippen molar-refractivity contribution >= 4 is 17.9 Å². The molecule has 284 valence electrons. The zero-order valence-electron chi connectivity index (χ0n) is 32.4. The molecule has 0 amide bonds. The van der Waals surface area contributed by atoms with Gasteiger partial charge in [0.15, 0.2) is 6.10 Å². The average molecular weight is 681 g/mol. The van der Waals surface area contributed by atoms with E-state index in [1.165, 1.54) is 122 Å². The average Bonchev–Trinajstić information content (AvgIpc) is 3.08. The van der Waals surface area contributed by atoms with Crippen LogP contribution < -0.4 is 0 Å². The Morgan fingerprint density at radius 1 is 0.417 bits per heavy atom. The van der Waals surface area contributed by atoms with Crippen LogP contribution in [0.4, 0.5) is 0 Å². The fraction of sp³-hybridized carbons (Fsp3) is 0.929. The highest BCUT2D eigenvalue weighted by Crippen LogP contribution is 2.16. The molecule has 0 aliphatic rings. The lowest BCUT2D eigenvalue weighted by molar-refractivity contribution is -0.167. The van der Waals surface area contributed by atoms with Gasteiger partial charge in [0.1, 0.15) is 13.2 Å². The van der Waals surface area contributed by atoms with E-state index in [4.69, 9.17) is 14.2 Å². The van der Waals surface area contributed by atoms with Crippen LogP contribution in [0, 0.1) is 5.92 Å². The number of unbranched alkanes of at least 4 members (excludes halogenated alkanes) is 23. The fourth-order valence-electron chi connectivity index (χ4n) is 6.06. The molecule has 0 rings (SSSR count). The number of rotatable bonds is 37. The molecule has 1 unspecified atom stereocenters. The quantitative estimate of drug-likeness (QED) is 0.0369. The summed E-state index contributed by atoms with van der Waals surface area (Å²) in [5.41, 5.74) is 0. The first-order valence-electron chi connectivity index (χ1n) is 20.9. The van der Waals surface area contributed by atoms with Crippen molar-refractivity contribution in [2.45, 2.75) is 233 Å². The molecule has 0 aromatic heterocycles. The van der Waals surface area contributed by atoms with Crippen LogP contribution in [0.1, 0.15) is 227 Å². The smallest absolute Gasteiger partial charge is 0.306 e. The second kappa shape index (κ2) is 36.7. The van der Waals surface area contributed by atoms with Crippen molar-refractivity contribution in [3.63, 3.8) is 0 Å². The summed E-state index contributed by atoms with van der Waals surface area (Å²) in [5.74, 6) is -0.0557. The number of carbonyl (C=O) groups is 3. The third kappa shape index (κ3) is 34.3. The molecule has 0 aliphatic heterocycles. The summed E-state index contributed by atoms with van der Waals surface area (Å²) in [6.45, 7) is 8.92. The summed E-state index contributed by atoms with van der Waals surface area (Å²) in [6.07, 6.45) is 33.7. The van der Waals surface area contributed by atoms with Gasteiger partial charge in [0.2, 0.25) is 0 Å². The monoisotopic (exact) mass is 681 g/mol. The van der Waals surface area contributed by atoms with Crippen LogP contribution in [0.25, 0.3) is 0 Å². The van der Waals surface area contributed by atoms with E-state index in [1.54, 1.807) is 0 Å². The van der Waals surface area contributed by atoms with E-state index in [0.717, 1.165) is 63.7 Å². The standard InChI is InChI=1S/C42H80O6/c1-5-8-10-12-14-16-17-19-21-26-30-34-41(44)47-37-39(36-46-40(43)33-29-25-20-18-15-13-11-9-6-2)48-42(45)35-31-27-23-22-24-28-32-38(4)7-3/h38-39H,5-37H2,1-4H3/t38?,39-/m0/s1. The Kier molecular flexibility index (Phi) is 35.5. The molecule has 0 fully saturated rings. The molecule has 0 N–H and O–H groups in total. The van der Waals surface area contributed by atoms with Gasteiger partial charge < -0.3 is 14.2 Å². The highest BCUT2D eigenvalue weighted by molar-refractivity contribution is 5.71. The minimum atomic E-state index is -0.758. The van der Waals surface area contributed by atoms with E-state index in [2.05, 4.69) is 27.7 Å². The Morgan fingerprint density at radius 2 is 0.729 bits per heavy atom. The van der Waals surface area contributed by atoms with Gasteiger partial charge in [-0.25, -0.2) is 0 Å². The number of carbonyl (C=O) groups excluding carboxylic acids is 3. The van der Waals surface area contributed by atoms with Crippen molar-refractivity contribution in [1.82, 2.24) is 0 Å². The lowest BCUT2D eigenvalue weighted by Gasteiger charge is -2.18. The summed E-state index contributed by atoms with van der Waals surface area (Å²) >= 11 is 0. The molecule has 0 aromatic rings. The Hall–Kier alpha value is -1.59. The van der Waals surface area contributed by atoms with Gasteiger partial charge >= 0.3 is 17.9 Å². The van der Waals surface area contributed by atoms with Gasteiger partial charge in [-0.3, -0.25) is 14.4 Å². The maximum Gasteiger partial charge on any atom is 0.306 e. The SMILES string of the molecule is CCCCCCCCCCCCCC(=O)OC[C@H](COC(=O)CCCCCCCCCCC)OC(=O)CCCCCCCCC(C)CC. The number of ether oxygens (including phenoxy) is 3. The summed E-state index contributed by atoms with van der Waals surface area (Å²) < 4.78 is 16.6. The van der Waals surface area contributed by atoms with Crippen LogP contribution in [0.15, 0.2) is 0 Å². The highest BCUT2D eigenvalue weighted by atomic mass is 16.6. The number of hydrogen-bond donors (Lipinski definition) is 0. The zero-order valence-corrected chi connectivity index (χ0v) is 32.4. The maximum atomic E-state index is 12.6. The first-order chi connectivity index (χ1) is 23.4. The molecule has 6 heteroatoms. The Balaban J connectivity index is 4.35. The van der Waals surface area contributed by atoms with Crippen molar-refractivity contribution in [2.24, 2.45) is 5.92 Å². The summed E-state index contributed by atoms with van der Waals surface area (Å²) in [4.78, 5) is 37.5. The summed E-state index contributed by atoms with van der Waals surface area (Å²) in [6, 6.07) is 0. The fourth-order valence-corrected chi connectivity index (χ4v) is 6.06. The molecule has 0 radical (unpaired) electrons. The number of esters is 3. The minimum absolute atomic E-state index is 0.0654. The maximum absolute atomic E-state index is 12.6. The van der Waals surface area contributed by atoms with Gasteiger partial charge in [-0.1, -0.05) is 188 Å². The molecule has 48 heavy (non-hydrogen) atoms. The second-order valence-corrected chi connectivity index (χ2v) is 14.5. The van der Waals surface area contributed by atoms with Gasteiger partial charge in [0, 0.05) is 19.3 Å². The lowest BCUT2D eigenvalue weighted by atomic mass is 10.00. The molecule has 0 heterocycles. The molecular weight excluding hydrogens is 600 g/mol. The lowest BCUT2D eigenvalue weighted by Crippen LogP contribution is -2.30. The molecular formula is C42H80O6. The van der Waals surface area contributed by atoms with Crippen LogP contribution >= 0.6 is 0 Å². The zero-order chi connectivity index (χ0) is 35.3. The first-order valence-corrected chi connectivity index (χ1v) is 20.9. The topological polar surface area (TPSA) is 78.9 Å². The molecule has 0 aromatic carbocycles. The number of hydrogen-bond acceptors (Lipinski definition) is 6. The van der Waals surface area contributed by atoms with Gasteiger partial charge in [0.05, 0.1) is 0 Å². The highest BCUT2D eigenvalue weighted by Gasteiger charge is 2.19. The van der Waals surface area contributed by atoms with Crippen molar-refractivity contribution < 1.29 is 28.6 Å². The predicted octanol–water partition coefficient (Wildman–Crippen LogP) is 12.8. The third-order valence-corrected chi connectivity index (χ3v) is 9.65. The summed E-state index contributed by atoms with van der Waals surface area (Å²) in [5, 5.41) is 0. The van der Waals surface area contributed by atoms with E-state index < -0.39 is 6.10 Å². The normalized spacial score (nSPS) is 12.5. The molecule has 0 aliphatic carbocycles.